The van der Waals surface area contributed by atoms with Gasteiger partial charge in [0.15, 0.2) is 0 Å². The molecule has 0 saturated carbocycles. The first-order valence-electron chi connectivity index (χ1n) is 8.74. The van der Waals surface area contributed by atoms with E-state index in [4.69, 9.17) is 16.3 Å². The van der Waals surface area contributed by atoms with Gasteiger partial charge in [0.2, 0.25) is 15.9 Å². The van der Waals surface area contributed by atoms with Crippen LogP contribution < -0.4 is 14.4 Å². The minimum atomic E-state index is -3.52. The van der Waals surface area contributed by atoms with E-state index in [0.717, 1.165) is 6.26 Å². The van der Waals surface area contributed by atoms with Crippen LogP contribution in [0.15, 0.2) is 46.9 Å². The maximum atomic E-state index is 12.8. The van der Waals surface area contributed by atoms with E-state index < -0.39 is 10.0 Å². The Labute approximate surface area is 183 Å². The van der Waals surface area contributed by atoms with E-state index >= 15 is 0 Å². The fourth-order valence-corrected chi connectivity index (χ4v) is 3.87. The Hall–Kier alpha value is -1.84. The summed E-state index contributed by atoms with van der Waals surface area (Å²) in [4.78, 5) is 12.0. The lowest BCUT2D eigenvalue weighted by molar-refractivity contribution is -0.121. The normalized spacial score (nSPS) is 11.2. The molecule has 2 aromatic rings. The molecule has 10 heteroatoms. The van der Waals surface area contributed by atoms with E-state index in [1.807, 2.05) is 0 Å². The van der Waals surface area contributed by atoms with Gasteiger partial charge in [0.05, 0.1) is 23.5 Å². The third kappa shape index (κ3) is 7.83. The van der Waals surface area contributed by atoms with Crippen molar-refractivity contribution in [3.63, 3.8) is 0 Å². The molecule has 29 heavy (non-hydrogen) atoms. The molecule has 0 atom stereocenters. The van der Waals surface area contributed by atoms with Crippen molar-refractivity contribution in [1.82, 2.24) is 5.32 Å². The average molecular weight is 508 g/mol. The summed E-state index contributed by atoms with van der Waals surface area (Å²) in [6.45, 7) is 0.675. The van der Waals surface area contributed by atoms with E-state index in [9.17, 15) is 17.6 Å². The van der Waals surface area contributed by atoms with Crippen molar-refractivity contribution in [2.75, 3.05) is 30.3 Å². The molecule has 158 valence electrons. The van der Waals surface area contributed by atoms with Crippen LogP contribution in [-0.2, 0) is 14.8 Å². The van der Waals surface area contributed by atoms with Crippen LogP contribution in [0.4, 0.5) is 10.1 Å². The van der Waals surface area contributed by atoms with Crippen LogP contribution in [0.5, 0.6) is 5.75 Å². The predicted molar refractivity (Wildman–Crippen MR) is 115 cm³/mol. The molecule has 2 rings (SSSR count). The van der Waals surface area contributed by atoms with Gasteiger partial charge in [-0.15, -0.1) is 0 Å². The van der Waals surface area contributed by atoms with Crippen LogP contribution >= 0.6 is 27.5 Å². The molecule has 1 N–H and O–H groups in total. The van der Waals surface area contributed by atoms with E-state index in [2.05, 4.69) is 21.2 Å². The zero-order chi connectivity index (χ0) is 21.4. The summed E-state index contributed by atoms with van der Waals surface area (Å²) in [6, 6.07) is 10.5. The Morgan fingerprint density at radius 2 is 1.93 bits per heavy atom. The molecule has 6 nitrogen and oxygen atoms in total. The van der Waals surface area contributed by atoms with Crippen LogP contribution in [0.1, 0.15) is 12.8 Å². The van der Waals surface area contributed by atoms with Crippen molar-refractivity contribution in [2.24, 2.45) is 0 Å². The van der Waals surface area contributed by atoms with Gasteiger partial charge in [0, 0.05) is 17.4 Å². The zero-order valence-electron chi connectivity index (χ0n) is 15.7. The van der Waals surface area contributed by atoms with Gasteiger partial charge >= 0.3 is 0 Å². The number of nitrogens with one attached hydrogen (secondary N) is 1. The lowest BCUT2D eigenvalue weighted by atomic mass is 10.2. The number of amides is 1. The second-order valence-corrected chi connectivity index (χ2v) is 9.36. The highest BCUT2D eigenvalue weighted by Crippen LogP contribution is 2.28. The molecule has 0 bridgehead atoms. The molecule has 0 saturated heterocycles. The SMILES string of the molecule is CS(=O)(=O)N(CCCC(=O)NCCOc1ccc(F)cc1)c1ccc(Br)c(Cl)c1. The van der Waals surface area contributed by atoms with Gasteiger partial charge in [-0.3, -0.25) is 9.10 Å². The van der Waals surface area contributed by atoms with Crippen molar-refractivity contribution in [3.8, 4) is 5.75 Å². The standard InChI is InChI=1S/C19H21BrClFN2O4S/c1-29(26,27)24(15-6-9-17(20)18(21)13-15)11-2-3-19(25)23-10-12-28-16-7-4-14(22)5-8-16/h4-9,13H,2-3,10-12H2,1H3,(H,23,25). The number of benzene rings is 2. The zero-order valence-corrected chi connectivity index (χ0v) is 18.9. The molecule has 0 fully saturated rings. The van der Waals surface area contributed by atoms with Crippen LogP contribution in [0.2, 0.25) is 5.02 Å². The van der Waals surface area contributed by atoms with Gasteiger partial charge in [-0.2, -0.15) is 0 Å². The lowest BCUT2D eigenvalue weighted by Crippen LogP contribution is -2.32. The number of hydrogen-bond acceptors (Lipinski definition) is 4. The van der Waals surface area contributed by atoms with Crippen molar-refractivity contribution in [3.05, 3.63) is 57.8 Å². The van der Waals surface area contributed by atoms with Crippen molar-refractivity contribution in [1.29, 1.82) is 0 Å². The number of sulfonamides is 1. The Balaban J connectivity index is 1.77. The molecule has 0 radical (unpaired) electrons. The van der Waals surface area contributed by atoms with Gasteiger partial charge in [-0.1, -0.05) is 11.6 Å². The highest BCUT2D eigenvalue weighted by molar-refractivity contribution is 9.10. The molecule has 2 aromatic carbocycles. The first-order valence-corrected chi connectivity index (χ1v) is 11.8. The van der Waals surface area contributed by atoms with E-state index in [0.29, 0.717) is 27.4 Å². The third-order valence-electron chi connectivity index (χ3n) is 3.86. The Kier molecular flexibility index (Phi) is 8.73. The van der Waals surface area contributed by atoms with Gasteiger partial charge in [-0.05, 0) is 64.8 Å². The number of ether oxygens (including phenoxy) is 1. The first kappa shape index (κ1) is 23.4. The summed E-state index contributed by atoms with van der Waals surface area (Å²) in [5, 5.41) is 3.10. The number of nitrogens with zero attached hydrogens (tertiary/aromatic N) is 1. The summed E-state index contributed by atoms with van der Waals surface area (Å²) in [6.07, 6.45) is 1.61. The Morgan fingerprint density at radius 1 is 1.24 bits per heavy atom. The average Bonchev–Trinajstić information content (AvgIpc) is 2.65. The van der Waals surface area contributed by atoms with E-state index in [-0.39, 0.29) is 37.8 Å². The predicted octanol–water partition coefficient (Wildman–Crippen LogP) is 3.98. The van der Waals surface area contributed by atoms with Gasteiger partial charge in [-0.25, -0.2) is 12.8 Å². The highest BCUT2D eigenvalue weighted by Gasteiger charge is 2.18. The van der Waals surface area contributed by atoms with Crippen LogP contribution in [0, 0.1) is 5.82 Å². The molecular formula is C19H21BrClFN2O4S. The van der Waals surface area contributed by atoms with Crippen LogP contribution in [0.3, 0.4) is 0 Å². The summed E-state index contributed by atoms with van der Waals surface area (Å²) < 4.78 is 44.3. The van der Waals surface area contributed by atoms with E-state index in [1.165, 1.54) is 28.6 Å². The summed E-state index contributed by atoms with van der Waals surface area (Å²) in [5.41, 5.74) is 0.439. The second-order valence-electron chi connectivity index (χ2n) is 6.19. The number of carbonyl (C=O) groups is 1. The smallest absolute Gasteiger partial charge is 0.232 e. The topological polar surface area (TPSA) is 75.7 Å². The molecular weight excluding hydrogens is 487 g/mol. The number of halogens is 3. The van der Waals surface area contributed by atoms with E-state index in [1.54, 1.807) is 18.2 Å². The van der Waals surface area contributed by atoms with Gasteiger partial charge in [0.1, 0.15) is 18.2 Å². The number of anilines is 1. The van der Waals surface area contributed by atoms with Crippen LogP contribution in [0.25, 0.3) is 0 Å². The molecule has 1 amide bonds. The largest absolute Gasteiger partial charge is 0.492 e. The van der Waals surface area contributed by atoms with Crippen molar-refractivity contribution >= 4 is 49.1 Å². The molecule has 0 unspecified atom stereocenters. The molecule has 0 spiro atoms. The quantitative estimate of drug-likeness (QED) is 0.494. The van der Waals surface area contributed by atoms with Crippen molar-refractivity contribution < 1.29 is 22.3 Å². The fourth-order valence-electron chi connectivity index (χ4n) is 2.49. The Morgan fingerprint density at radius 3 is 2.55 bits per heavy atom. The molecule has 0 aliphatic heterocycles. The van der Waals surface area contributed by atoms with Gasteiger partial charge in [0.25, 0.3) is 0 Å². The number of hydrogen-bond donors (Lipinski definition) is 1. The minimum Gasteiger partial charge on any atom is -0.492 e. The monoisotopic (exact) mass is 506 g/mol. The molecule has 0 aromatic heterocycles. The summed E-state index contributed by atoms with van der Waals surface area (Å²) in [7, 11) is -3.52. The van der Waals surface area contributed by atoms with Gasteiger partial charge < -0.3 is 10.1 Å². The molecule has 0 aliphatic carbocycles. The second kappa shape index (κ2) is 10.8. The van der Waals surface area contributed by atoms with Crippen LogP contribution in [-0.4, -0.2) is 40.3 Å². The number of carbonyl (C=O) groups excluding carboxylic acids is 1. The Bertz CT molecular complexity index is 942. The lowest BCUT2D eigenvalue weighted by Gasteiger charge is -2.22. The maximum absolute atomic E-state index is 12.8. The molecule has 0 aliphatic rings. The summed E-state index contributed by atoms with van der Waals surface area (Å²) in [5.74, 6) is -0.0493. The first-order chi connectivity index (χ1) is 13.7. The maximum Gasteiger partial charge on any atom is 0.232 e. The minimum absolute atomic E-state index is 0.149. The fraction of sp³-hybridized carbons (Fsp3) is 0.316. The third-order valence-corrected chi connectivity index (χ3v) is 6.29. The highest BCUT2D eigenvalue weighted by atomic mass is 79.9. The number of rotatable bonds is 10. The summed E-state index contributed by atoms with van der Waals surface area (Å²) >= 11 is 9.32. The molecule has 0 heterocycles. The van der Waals surface area contributed by atoms with Crippen molar-refractivity contribution in [2.45, 2.75) is 12.8 Å².